The van der Waals surface area contributed by atoms with Gasteiger partial charge in [-0.1, -0.05) is 12.1 Å². The summed E-state index contributed by atoms with van der Waals surface area (Å²) in [5.74, 6) is 1.08. The van der Waals surface area contributed by atoms with Crippen molar-refractivity contribution in [3.63, 3.8) is 0 Å². The first-order valence-electron chi connectivity index (χ1n) is 9.17. The summed E-state index contributed by atoms with van der Waals surface area (Å²) in [5.41, 5.74) is 2.89. The van der Waals surface area contributed by atoms with Crippen LogP contribution in [0, 0.1) is 19.7 Å². The molecule has 1 aliphatic rings. The molecule has 2 aromatic heterocycles. The van der Waals surface area contributed by atoms with Gasteiger partial charge in [0.1, 0.15) is 23.6 Å². The van der Waals surface area contributed by atoms with Crippen LogP contribution in [0.4, 0.5) is 10.2 Å². The molecule has 1 saturated heterocycles. The van der Waals surface area contributed by atoms with E-state index >= 15 is 0 Å². The summed E-state index contributed by atoms with van der Waals surface area (Å²) in [5, 5.41) is 0. The standard InChI is InChI=1S/C21H21FN4O2/c1-13-14(2)24-20(25-21(13)27)16-5-8-19(23-11-16)26-9-10-28-18(12-26)15-3-6-17(22)7-4-15/h3-8,11,18H,9-10,12H2,1-2H3,(H,24,25,27). The fourth-order valence-electron chi connectivity index (χ4n) is 3.23. The average Bonchev–Trinajstić information content (AvgIpc) is 2.72. The number of H-pyrrole nitrogens is 1. The van der Waals surface area contributed by atoms with Crippen LogP contribution < -0.4 is 10.5 Å². The number of morpholine rings is 1. The Hall–Kier alpha value is -3.06. The predicted octanol–water partition coefficient (Wildman–Crippen LogP) is 3.17. The number of nitrogens with one attached hydrogen (secondary N) is 1. The van der Waals surface area contributed by atoms with Gasteiger partial charge in [0.2, 0.25) is 0 Å². The number of aromatic nitrogens is 3. The summed E-state index contributed by atoms with van der Waals surface area (Å²) in [6.45, 7) is 5.50. The van der Waals surface area contributed by atoms with Crippen molar-refractivity contribution in [1.82, 2.24) is 15.0 Å². The highest BCUT2D eigenvalue weighted by Crippen LogP contribution is 2.26. The van der Waals surface area contributed by atoms with Gasteiger partial charge in [-0.2, -0.15) is 0 Å². The smallest absolute Gasteiger partial charge is 0.254 e. The van der Waals surface area contributed by atoms with Gasteiger partial charge < -0.3 is 14.6 Å². The number of hydrogen-bond acceptors (Lipinski definition) is 5. The van der Waals surface area contributed by atoms with E-state index in [1.165, 1.54) is 12.1 Å². The van der Waals surface area contributed by atoms with Crippen LogP contribution in [-0.2, 0) is 4.74 Å². The molecule has 144 valence electrons. The van der Waals surface area contributed by atoms with Gasteiger partial charge in [0.15, 0.2) is 0 Å². The zero-order valence-corrected chi connectivity index (χ0v) is 15.8. The van der Waals surface area contributed by atoms with Crippen molar-refractivity contribution in [1.29, 1.82) is 0 Å². The highest BCUT2D eigenvalue weighted by Gasteiger charge is 2.23. The number of hydrogen-bond donors (Lipinski definition) is 1. The van der Waals surface area contributed by atoms with E-state index in [2.05, 4.69) is 19.9 Å². The summed E-state index contributed by atoms with van der Waals surface area (Å²) in [7, 11) is 0. The molecular weight excluding hydrogens is 359 g/mol. The Morgan fingerprint density at radius 3 is 2.64 bits per heavy atom. The summed E-state index contributed by atoms with van der Waals surface area (Å²) < 4.78 is 19.0. The van der Waals surface area contributed by atoms with Crippen molar-refractivity contribution < 1.29 is 9.13 Å². The minimum absolute atomic E-state index is 0.131. The third-order valence-corrected chi connectivity index (χ3v) is 5.05. The van der Waals surface area contributed by atoms with Crippen LogP contribution in [-0.4, -0.2) is 34.6 Å². The van der Waals surface area contributed by atoms with Crippen molar-refractivity contribution >= 4 is 5.82 Å². The van der Waals surface area contributed by atoms with Gasteiger partial charge in [-0.25, -0.2) is 14.4 Å². The molecule has 0 saturated carbocycles. The van der Waals surface area contributed by atoms with Crippen molar-refractivity contribution in [3.8, 4) is 11.4 Å². The van der Waals surface area contributed by atoms with E-state index < -0.39 is 0 Å². The molecule has 28 heavy (non-hydrogen) atoms. The first kappa shape index (κ1) is 18.3. The van der Waals surface area contributed by atoms with Gasteiger partial charge in [-0.05, 0) is 43.7 Å². The predicted molar refractivity (Wildman–Crippen MR) is 105 cm³/mol. The third-order valence-electron chi connectivity index (χ3n) is 5.05. The number of pyridine rings is 1. The number of rotatable bonds is 3. The lowest BCUT2D eigenvalue weighted by molar-refractivity contribution is 0.0395. The van der Waals surface area contributed by atoms with Gasteiger partial charge in [0, 0.05) is 36.1 Å². The van der Waals surface area contributed by atoms with E-state index in [9.17, 15) is 9.18 Å². The van der Waals surface area contributed by atoms with Gasteiger partial charge in [0.05, 0.1) is 6.61 Å². The molecule has 1 N–H and O–H groups in total. The summed E-state index contributed by atoms with van der Waals surface area (Å²) in [6.07, 6.45) is 1.58. The number of aromatic amines is 1. The fraction of sp³-hybridized carbons (Fsp3) is 0.286. The Morgan fingerprint density at radius 2 is 1.96 bits per heavy atom. The van der Waals surface area contributed by atoms with Gasteiger partial charge in [-0.15, -0.1) is 0 Å². The lowest BCUT2D eigenvalue weighted by Gasteiger charge is -2.34. The SMILES string of the molecule is Cc1nc(-c2ccc(N3CCOC(c4ccc(F)cc4)C3)nc2)[nH]c(=O)c1C. The Morgan fingerprint density at radius 1 is 1.18 bits per heavy atom. The summed E-state index contributed by atoms with van der Waals surface area (Å²) in [6, 6.07) is 10.2. The Balaban J connectivity index is 1.53. The van der Waals surface area contributed by atoms with E-state index in [-0.39, 0.29) is 17.5 Å². The molecule has 1 unspecified atom stereocenters. The maximum atomic E-state index is 13.2. The molecule has 0 aliphatic carbocycles. The number of aryl methyl sites for hydroxylation is 1. The molecule has 0 spiro atoms. The Labute approximate surface area is 162 Å². The van der Waals surface area contributed by atoms with E-state index in [0.29, 0.717) is 30.2 Å². The van der Waals surface area contributed by atoms with Crippen LogP contribution in [0.15, 0.2) is 47.4 Å². The molecule has 1 aliphatic heterocycles. The van der Waals surface area contributed by atoms with Crippen molar-refractivity contribution in [2.45, 2.75) is 20.0 Å². The molecule has 6 nitrogen and oxygen atoms in total. The summed E-state index contributed by atoms with van der Waals surface area (Å²) in [4.78, 5) is 25.9. The monoisotopic (exact) mass is 380 g/mol. The second-order valence-corrected chi connectivity index (χ2v) is 6.89. The zero-order valence-electron chi connectivity index (χ0n) is 15.8. The van der Waals surface area contributed by atoms with E-state index in [1.54, 1.807) is 25.3 Å². The molecule has 0 amide bonds. The van der Waals surface area contributed by atoms with Gasteiger partial charge in [-0.3, -0.25) is 4.79 Å². The van der Waals surface area contributed by atoms with Crippen LogP contribution in [0.2, 0.25) is 0 Å². The molecule has 4 rings (SSSR count). The number of nitrogens with zero attached hydrogens (tertiary/aromatic N) is 3. The fourth-order valence-corrected chi connectivity index (χ4v) is 3.23. The highest BCUT2D eigenvalue weighted by atomic mass is 19.1. The van der Waals surface area contributed by atoms with E-state index in [1.807, 2.05) is 19.1 Å². The molecule has 0 bridgehead atoms. The van der Waals surface area contributed by atoms with E-state index in [0.717, 1.165) is 23.5 Å². The van der Waals surface area contributed by atoms with Gasteiger partial charge in [0.25, 0.3) is 5.56 Å². The van der Waals surface area contributed by atoms with Crippen LogP contribution in [0.25, 0.3) is 11.4 Å². The van der Waals surface area contributed by atoms with Crippen molar-refractivity contribution in [2.75, 3.05) is 24.6 Å². The minimum atomic E-state index is -0.258. The molecule has 3 aromatic rings. The van der Waals surface area contributed by atoms with Gasteiger partial charge >= 0.3 is 0 Å². The Bertz CT molecular complexity index is 1030. The molecule has 1 atom stereocenters. The van der Waals surface area contributed by atoms with Crippen LogP contribution in [0.5, 0.6) is 0 Å². The van der Waals surface area contributed by atoms with Crippen LogP contribution in [0.1, 0.15) is 22.9 Å². The molecule has 1 fully saturated rings. The molecular formula is C21H21FN4O2. The zero-order chi connectivity index (χ0) is 19.7. The van der Waals surface area contributed by atoms with E-state index in [4.69, 9.17) is 4.74 Å². The quantitative estimate of drug-likeness (QED) is 0.756. The molecule has 0 radical (unpaired) electrons. The largest absolute Gasteiger partial charge is 0.370 e. The van der Waals surface area contributed by atoms with Crippen molar-refractivity contribution in [3.05, 3.63) is 75.6 Å². The highest BCUT2D eigenvalue weighted by molar-refractivity contribution is 5.56. The first-order chi connectivity index (χ1) is 13.5. The lowest BCUT2D eigenvalue weighted by atomic mass is 10.1. The van der Waals surface area contributed by atoms with Crippen molar-refractivity contribution in [2.24, 2.45) is 0 Å². The summed E-state index contributed by atoms with van der Waals surface area (Å²) >= 11 is 0. The van der Waals surface area contributed by atoms with Crippen LogP contribution >= 0.6 is 0 Å². The molecule has 3 heterocycles. The second kappa shape index (κ2) is 7.52. The molecule has 7 heteroatoms. The lowest BCUT2D eigenvalue weighted by Crippen LogP contribution is -2.38. The third kappa shape index (κ3) is 3.66. The number of ether oxygens (including phenoxy) is 1. The normalized spacial score (nSPS) is 17.0. The Kier molecular flexibility index (Phi) is 4.92. The maximum absolute atomic E-state index is 13.2. The minimum Gasteiger partial charge on any atom is -0.370 e. The average molecular weight is 380 g/mol. The number of benzene rings is 1. The topological polar surface area (TPSA) is 71.1 Å². The first-order valence-corrected chi connectivity index (χ1v) is 9.17. The molecule has 1 aromatic carbocycles. The van der Waals surface area contributed by atoms with Crippen LogP contribution in [0.3, 0.4) is 0 Å². The second-order valence-electron chi connectivity index (χ2n) is 6.89. The maximum Gasteiger partial charge on any atom is 0.254 e. The number of anilines is 1. The number of halogens is 1.